The van der Waals surface area contributed by atoms with Crippen molar-refractivity contribution in [1.82, 2.24) is 4.98 Å². The summed E-state index contributed by atoms with van der Waals surface area (Å²) in [6.07, 6.45) is -4.07. The van der Waals surface area contributed by atoms with Crippen LogP contribution in [0.1, 0.15) is 5.56 Å². The average molecular weight is 343 g/mol. The fourth-order valence-corrected chi connectivity index (χ4v) is 2.39. The van der Waals surface area contributed by atoms with E-state index in [2.05, 4.69) is 0 Å². The Morgan fingerprint density at radius 3 is 2.25 bits per heavy atom. The van der Waals surface area contributed by atoms with Crippen molar-refractivity contribution in [3.63, 3.8) is 0 Å². The molecular formula is C12H5Cl3F3NO. The van der Waals surface area contributed by atoms with E-state index in [9.17, 15) is 18.0 Å². The van der Waals surface area contributed by atoms with Crippen molar-refractivity contribution in [2.24, 2.45) is 0 Å². The van der Waals surface area contributed by atoms with Gasteiger partial charge in [-0.15, -0.1) is 0 Å². The number of hydrogen-bond donors (Lipinski definition) is 1. The Morgan fingerprint density at radius 1 is 1.00 bits per heavy atom. The van der Waals surface area contributed by atoms with Crippen LogP contribution in [0.15, 0.2) is 29.2 Å². The highest BCUT2D eigenvalue weighted by Gasteiger charge is 2.34. The van der Waals surface area contributed by atoms with Crippen LogP contribution in [0.3, 0.4) is 0 Å². The summed E-state index contributed by atoms with van der Waals surface area (Å²) in [5, 5.41) is 0.0116. The van der Waals surface area contributed by atoms with E-state index in [-0.39, 0.29) is 26.2 Å². The number of aromatic amines is 1. The third-order valence-corrected chi connectivity index (χ3v) is 3.53. The van der Waals surface area contributed by atoms with E-state index in [0.29, 0.717) is 6.20 Å². The topological polar surface area (TPSA) is 32.9 Å². The van der Waals surface area contributed by atoms with Gasteiger partial charge < -0.3 is 4.98 Å². The number of benzene rings is 1. The summed E-state index contributed by atoms with van der Waals surface area (Å²) in [5.74, 6) is 0. The van der Waals surface area contributed by atoms with Gasteiger partial charge in [-0.25, -0.2) is 0 Å². The lowest BCUT2D eigenvalue weighted by atomic mass is 10.0. The fourth-order valence-electron chi connectivity index (χ4n) is 1.68. The monoisotopic (exact) mass is 341 g/mol. The molecule has 0 radical (unpaired) electrons. The number of aromatic nitrogens is 1. The minimum atomic E-state index is -4.66. The molecule has 0 saturated carbocycles. The summed E-state index contributed by atoms with van der Waals surface area (Å²) in [7, 11) is 0. The van der Waals surface area contributed by atoms with Crippen molar-refractivity contribution >= 4 is 34.8 Å². The third kappa shape index (κ3) is 2.95. The maximum atomic E-state index is 13.0. The van der Waals surface area contributed by atoms with E-state index >= 15 is 0 Å². The Morgan fingerprint density at radius 2 is 1.65 bits per heavy atom. The summed E-state index contributed by atoms with van der Waals surface area (Å²) in [6.45, 7) is 0. The van der Waals surface area contributed by atoms with Gasteiger partial charge in [0.2, 0.25) is 5.56 Å². The van der Waals surface area contributed by atoms with Gasteiger partial charge in [-0.3, -0.25) is 4.79 Å². The molecule has 0 saturated heterocycles. The van der Waals surface area contributed by atoms with E-state index in [4.69, 9.17) is 34.8 Å². The lowest BCUT2D eigenvalue weighted by Crippen LogP contribution is -2.13. The van der Waals surface area contributed by atoms with Crippen LogP contribution in [0.25, 0.3) is 11.1 Å². The number of halogens is 6. The normalized spacial score (nSPS) is 11.7. The highest BCUT2D eigenvalue weighted by molar-refractivity contribution is 6.45. The minimum absolute atomic E-state index is 0.00238. The summed E-state index contributed by atoms with van der Waals surface area (Å²) in [4.78, 5) is 13.3. The van der Waals surface area contributed by atoms with E-state index < -0.39 is 17.3 Å². The second-order valence-corrected chi connectivity index (χ2v) is 5.09. The molecule has 1 aromatic carbocycles. The zero-order chi connectivity index (χ0) is 15.1. The first-order chi connectivity index (χ1) is 9.20. The van der Waals surface area contributed by atoms with Crippen molar-refractivity contribution in [3.05, 3.63) is 55.4 Å². The molecule has 2 nitrogen and oxygen atoms in total. The van der Waals surface area contributed by atoms with Gasteiger partial charge in [0.05, 0.1) is 15.6 Å². The zero-order valence-electron chi connectivity index (χ0n) is 9.49. The van der Waals surface area contributed by atoms with Crippen molar-refractivity contribution in [2.75, 3.05) is 0 Å². The van der Waals surface area contributed by atoms with Gasteiger partial charge in [0.1, 0.15) is 0 Å². The SMILES string of the molecule is O=c1cc(-c2cc(Cl)cc(Cl)c2Cl)c(C(F)(F)F)c[nH]1. The lowest BCUT2D eigenvalue weighted by molar-refractivity contribution is -0.137. The third-order valence-electron chi connectivity index (χ3n) is 2.51. The number of H-pyrrole nitrogens is 1. The van der Waals surface area contributed by atoms with Gasteiger partial charge in [0.15, 0.2) is 0 Å². The van der Waals surface area contributed by atoms with Crippen LogP contribution in [0.5, 0.6) is 0 Å². The van der Waals surface area contributed by atoms with Crippen LogP contribution >= 0.6 is 34.8 Å². The molecule has 0 aliphatic rings. The molecule has 0 spiro atoms. The predicted molar refractivity (Wildman–Crippen MR) is 72.5 cm³/mol. The van der Waals surface area contributed by atoms with E-state index in [1.165, 1.54) is 12.1 Å². The van der Waals surface area contributed by atoms with Crippen LogP contribution < -0.4 is 5.56 Å². The molecule has 0 bridgehead atoms. The van der Waals surface area contributed by atoms with Gasteiger partial charge in [0, 0.05) is 28.4 Å². The van der Waals surface area contributed by atoms with E-state index in [1.807, 2.05) is 4.98 Å². The quantitative estimate of drug-likeness (QED) is 0.725. The van der Waals surface area contributed by atoms with Crippen molar-refractivity contribution in [3.8, 4) is 11.1 Å². The molecule has 8 heteroatoms. The highest BCUT2D eigenvalue weighted by Crippen LogP contribution is 2.41. The van der Waals surface area contributed by atoms with Crippen molar-refractivity contribution in [1.29, 1.82) is 0 Å². The number of rotatable bonds is 1. The molecule has 0 aliphatic heterocycles. The number of hydrogen-bond acceptors (Lipinski definition) is 1. The molecule has 1 heterocycles. The molecule has 0 unspecified atom stereocenters. The van der Waals surface area contributed by atoms with Gasteiger partial charge in [-0.1, -0.05) is 34.8 Å². The smallest absolute Gasteiger partial charge is 0.328 e. The Kier molecular flexibility index (Phi) is 4.04. The van der Waals surface area contributed by atoms with Crippen LogP contribution in [0.4, 0.5) is 13.2 Å². The Labute approximate surface area is 126 Å². The van der Waals surface area contributed by atoms with Crippen LogP contribution in [0.2, 0.25) is 15.1 Å². The highest BCUT2D eigenvalue weighted by atomic mass is 35.5. The van der Waals surface area contributed by atoms with Gasteiger partial charge in [-0.05, 0) is 12.1 Å². The Hall–Kier alpha value is -1.17. The van der Waals surface area contributed by atoms with Crippen LogP contribution in [0, 0.1) is 0 Å². The maximum Gasteiger partial charge on any atom is 0.418 e. The molecule has 106 valence electrons. The van der Waals surface area contributed by atoms with Crippen LogP contribution in [-0.4, -0.2) is 4.98 Å². The van der Waals surface area contributed by atoms with E-state index in [1.54, 1.807) is 0 Å². The molecule has 2 aromatic rings. The molecule has 2 rings (SSSR count). The summed E-state index contributed by atoms with van der Waals surface area (Å²) in [6, 6.07) is 3.33. The maximum absolute atomic E-state index is 13.0. The number of pyridine rings is 1. The fraction of sp³-hybridized carbons (Fsp3) is 0.0833. The van der Waals surface area contributed by atoms with Crippen molar-refractivity contribution in [2.45, 2.75) is 6.18 Å². The molecule has 20 heavy (non-hydrogen) atoms. The molecule has 0 atom stereocenters. The first-order valence-electron chi connectivity index (χ1n) is 5.15. The van der Waals surface area contributed by atoms with Crippen LogP contribution in [-0.2, 0) is 6.18 Å². The lowest BCUT2D eigenvalue weighted by Gasteiger charge is -2.14. The van der Waals surface area contributed by atoms with Gasteiger partial charge in [-0.2, -0.15) is 13.2 Å². The zero-order valence-corrected chi connectivity index (χ0v) is 11.8. The first kappa shape index (κ1) is 15.2. The van der Waals surface area contributed by atoms with Crippen molar-refractivity contribution < 1.29 is 13.2 Å². The number of alkyl halides is 3. The summed E-state index contributed by atoms with van der Waals surface area (Å²) >= 11 is 17.5. The number of nitrogens with one attached hydrogen (secondary N) is 1. The molecule has 1 N–H and O–H groups in total. The molecule has 0 amide bonds. The standard InChI is InChI=1S/C12H5Cl3F3NO/c13-5-1-7(11(15)9(14)2-5)6-3-10(20)19-4-8(6)12(16,17)18/h1-4H,(H,19,20). The summed E-state index contributed by atoms with van der Waals surface area (Å²) < 4.78 is 38.9. The second-order valence-electron chi connectivity index (χ2n) is 3.87. The Bertz CT molecular complexity index is 725. The average Bonchev–Trinajstić information content (AvgIpc) is 2.32. The largest absolute Gasteiger partial charge is 0.418 e. The second kappa shape index (κ2) is 5.31. The molecule has 0 fully saturated rings. The molecule has 0 aliphatic carbocycles. The Balaban J connectivity index is 2.82. The molecule has 1 aromatic heterocycles. The summed E-state index contributed by atoms with van der Waals surface area (Å²) in [5.41, 5.74) is -2.16. The van der Waals surface area contributed by atoms with Gasteiger partial charge >= 0.3 is 6.18 Å². The van der Waals surface area contributed by atoms with E-state index in [0.717, 1.165) is 6.07 Å². The van der Waals surface area contributed by atoms with Gasteiger partial charge in [0.25, 0.3) is 0 Å². The predicted octanol–water partition coefficient (Wildman–Crippen LogP) is 5.02. The first-order valence-corrected chi connectivity index (χ1v) is 6.28. The molecular weight excluding hydrogens is 337 g/mol. The minimum Gasteiger partial charge on any atom is -0.328 e.